The van der Waals surface area contributed by atoms with Gasteiger partial charge in [-0.1, -0.05) is 25.3 Å². The molecule has 4 N–H and O–H groups in total. The second-order valence-corrected chi connectivity index (χ2v) is 6.25. The Morgan fingerprint density at radius 1 is 0.609 bits per heavy atom. The van der Waals surface area contributed by atoms with Gasteiger partial charge in [0.15, 0.2) is 11.5 Å². The Kier molecular flexibility index (Phi) is 4.33. The third-order valence-electron chi connectivity index (χ3n) is 4.59. The number of phenols is 4. The van der Waals surface area contributed by atoms with Gasteiger partial charge in [-0.2, -0.15) is 0 Å². The Labute approximate surface area is 135 Å². The van der Waals surface area contributed by atoms with Crippen molar-refractivity contribution in [3.8, 4) is 34.1 Å². The molecule has 0 radical (unpaired) electrons. The maximum atomic E-state index is 10.2. The lowest BCUT2D eigenvalue weighted by molar-refractivity contribution is 0.365. The maximum absolute atomic E-state index is 10.2. The lowest BCUT2D eigenvalue weighted by Crippen LogP contribution is -1.91. The molecule has 23 heavy (non-hydrogen) atoms. The van der Waals surface area contributed by atoms with E-state index in [2.05, 4.69) is 0 Å². The fourth-order valence-corrected chi connectivity index (χ4v) is 3.23. The van der Waals surface area contributed by atoms with Crippen molar-refractivity contribution in [2.24, 2.45) is 0 Å². The van der Waals surface area contributed by atoms with Crippen molar-refractivity contribution < 1.29 is 20.4 Å². The summed E-state index contributed by atoms with van der Waals surface area (Å²) in [5, 5.41) is 40.5. The normalized spacial score (nSPS) is 15.3. The highest BCUT2D eigenvalue weighted by Crippen LogP contribution is 2.47. The van der Waals surface area contributed by atoms with E-state index in [1.165, 1.54) is 0 Å². The van der Waals surface area contributed by atoms with Crippen molar-refractivity contribution in [2.75, 3.05) is 0 Å². The van der Waals surface area contributed by atoms with Crippen LogP contribution in [0.3, 0.4) is 0 Å². The van der Waals surface area contributed by atoms with Crippen molar-refractivity contribution in [1.29, 1.82) is 0 Å². The van der Waals surface area contributed by atoms with Crippen molar-refractivity contribution in [3.63, 3.8) is 0 Å². The second-order valence-electron chi connectivity index (χ2n) is 6.25. The Hall–Kier alpha value is -2.36. The van der Waals surface area contributed by atoms with Crippen LogP contribution in [0.25, 0.3) is 11.1 Å². The number of rotatable bonds is 0. The highest BCUT2D eigenvalue weighted by Gasteiger charge is 2.20. The summed E-state index contributed by atoms with van der Waals surface area (Å²) in [4.78, 5) is 0. The molecule has 0 spiro atoms. The summed E-state index contributed by atoms with van der Waals surface area (Å²) >= 11 is 0. The van der Waals surface area contributed by atoms with Crippen molar-refractivity contribution in [1.82, 2.24) is 0 Å². The van der Waals surface area contributed by atoms with Crippen LogP contribution in [0.1, 0.15) is 43.2 Å². The molecule has 122 valence electrons. The summed E-state index contributed by atoms with van der Waals surface area (Å²) in [6, 6.07) is 7.02. The van der Waals surface area contributed by atoms with Gasteiger partial charge in [-0.3, -0.25) is 0 Å². The number of fused-ring (bicyclic) bond motifs is 5. The van der Waals surface area contributed by atoms with Gasteiger partial charge in [-0.25, -0.2) is 0 Å². The number of aryl methyl sites for hydroxylation is 2. The molecular formula is C19H22O4. The first-order chi connectivity index (χ1) is 11.1. The van der Waals surface area contributed by atoms with Crippen LogP contribution in [-0.2, 0) is 12.8 Å². The molecule has 0 amide bonds. The molecular weight excluding hydrogens is 292 g/mol. The van der Waals surface area contributed by atoms with E-state index in [-0.39, 0.29) is 11.5 Å². The summed E-state index contributed by atoms with van der Waals surface area (Å²) in [6.45, 7) is 0. The molecule has 4 nitrogen and oxygen atoms in total. The quantitative estimate of drug-likeness (QED) is 0.549. The molecule has 3 rings (SSSR count). The lowest BCUT2D eigenvalue weighted by atomic mass is 9.95. The molecule has 0 saturated carbocycles. The van der Waals surface area contributed by atoms with Gasteiger partial charge < -0.3 is 20.4 Å². The summed E-state index contributed by atoms with van der Waals surface area (Å²) in [7, 11) is 0. The van der Waals surface area contributed by atoms with Crippen molar-refractivity contribution in [2.45, 2.75) is 44.9 Å². The van der Waals surface area contributed by atoms with Crippen LogP contribution in [-0.4, -0.2) is 20.4 Å². The predicted molar refractivity (Wildman–Crippen MR) is 89.0 cm³/mol. The van der Waals surface area contributed by atoms with Crippen molar-refractivity contribution >= 4 is 0 Å². The molecule has 4 bridgehead atoms. The van der Waals surface area contributed by atoms with Gasteiger partial charge in [0.1, 0.15) is 5.75 Å². The maximum Gasteiger partial charge on any atom is 0.201 e. The number of phenolic OH excluding ortho intramolecular Hbond substituents is 4. The fraction of sp³-hybridized carbons (Fsp3) is 0.368. The number of aromatic hydroxyl groups is 4. The van der Waals surface area contributed by atoms with E-state index in [9.17, 15) is 20.4 Å². The molecule has 4 heteroatoms. The molecule has 2 aromatic carbocycles. The van der Waals surface area contributed by atoms with Crippen LogP contribution in [0.5, 0.6) is 23.0 Å². The SMILES string of the molecule is Oc1ccc2cc1-c1cc(c(O)c(O)c1O)CCCCCCC2. The monoisotopic (exact) mass is 314 g/mol. The molecule has 1 aliphatic carbocycles. The van der Waals surface area contributed by atoms with E-state index in [1.807, 2.05) is 12.1 Å². The fourth-order valence-electron chi connectivity index (χ4n) is 3.23. The van der Waals surface area contributed by atoms with Crippen molar-refractivity contribution in [3.05, 3.63) is 35.4 Å². The van der Waals surface area contributed by atoms with E-state index in [0.717, 1.165) is 44.1 Å². The number of hydrogen-bond donors (Lipinski definition) is 4. The van der Waals surface area contributed by atoms with Crippen LogP contribution < -0.4 is 0 Å². The number of hydrogen-bond acceptors (Lipinski definition) is 4. The summed E-state index contributed by atoms with van der Waals surface area (Å²) < 4.78 is 0. The predicted octanol–water partition coefficient (Wildman–Crippen LogP) is 4.23. The highest BCUT2D eigenvalue weighted by atomic mass is 16.3. The largest absolute Gasteiger partial charge is 0.507 e. The molecule has 0 unspecified atom stereocenters. The molecule has 2 aromatic rings. The van der Waals surface area contributed by atoms with E-state index in [1.54, 1.807) is 12.1 Å². The molecule has 0 fully saturated rings. The van der Waals surface area contributed by atoms with Gasteiger partial charge in [-0.15, -0.1) is 0 Å². The first kappa shape index (κ1) is 15.5. The molecule has 1 aliphatic rings. The topological polar surface area (TPSA) is 80.9 Å². The smallest absolute Gasteiger partial charge is 0.201 e. The van der Waals surface area contributed by atoms with Gasteiger partial charge in [0.25, 0.3) is 0 Å². The lowest BCUT2D eigenvalue weighted by Gasteiger charge is -2.14. The summed E-state index contributed by atoms with van der Waals surface area (Å²) in [5.74, 6) is -1.13. The van der Waals surface area contributed by atoms with Crippen LogP contribution in [0.4, 0.5) is 0 Å². The Balaban J connectivity index is 2.18. The van der Waals surface area contributed by atoms with E-state index >= 15 is 0 Å². The molecule has 0 atom stereocenters. The zero-order chi connectivity index (χ0) is 16.4. The highest BCUT2D eigenvalue weighted by molar-refractivity contribution is 5.80. The summed E-state index contributed by atoms with van der Waals surface area (Å²) in [5.41, 5.74) is 2.52. The Bertz CT molecular complexity index is 722. The minimum Gasteiger partial charge on any atom is -0.507 e. The molecule has 0 heterocycles. The Morgan fingerprint density at radius 2 is 1.30 bits per heavy atom. The van der Waals surface area contributed by atoms with Gasteiger partial charge in [0.2, 0.25) is 5.75 Å². The van der Waals surface area contributed by atoms with Crippen LogP contribution in [0, 0.1) is 0 Å². The third-order valence-corrected chi connectivity index (χ3v) is 4.59. The summed E-state index contributed by atoms with van der Waals surface area (Å²) in [6.07, 6.45) is 6.92. The average molecular weight is 314 g/mol. The number of benzene rings is 2. The second kappa shape index (κ2) is 6.41. The minimum atomic E-state index is -0.517. The standard InChI is InChI=1S/C19H22O4/c20-16-9-8-12-6-4-2-1-3-5-7-13-11-15(14(16)10-12)18(22)19(23)17(13)21/h8-11,20-23H,1-7H2. The molecule has 0 aromatic heterocycles. The van der Waals surface area contributed by atoms with Gasteiger partial charge in [0.05, 0.1) is 0 Å². The van der Waals surface area contributed by atoms with Crippen LogP contribution >= 0.6 is 0 Å². The molecule has 0 saturated heterocycles. The van der Waals surface area contributed by atoms with Gasteiger partial charge >= 0.3 is 0 Å². The first-order valence-corrected chi connectivity index (χ1v) is 8.17. The van der Waals surface area contributed by atoms with E-state index < -0.39 is 11.5 Å². The Morgan fingerprint density at radius 3 is 2.09 bits per heavy atom. The van der Waals surface area contributed by atoms with E-state index in [4.69, 9.17) is 0 Å². The zero-order valence-electron chi connectivity index (χ0n) is 13.0. The molecule has 0 aliphatic heterocycles. The first-order valence-electron chi connectivity index (χ1n) is 8.17. The van der Waals surface area contributed by atoms with Gasteiger partial charge in [-0.05, 0) is 55.0 Å². The average Bonchev–Trinajstić information content (AvgIpc) is 2.56. The minimum absolute atomic E-state index is 0.0509. The van der Waals surface area contributed by atoms with Crippen LogP contribution in [0.15, 0.2) is 24.3 Å². The van der Waals surface area contributed by atoms with Gasteiger partial charge in [0, 0.05) is 11.1 Å². The third kappa shape index (κ3) is 3.07. The zero-order valence-corrected chi connectivity index (χ0v) is 13.0. The van der Waals surface area contributed by atoms with Crippen LogP contribution in [0.2, 0.25) is 0 Å². The van der Waals surface area contributed by atoms with E-state index in [0.29, 0.717) is 23.1 Å².